The predicted octanol–water partition coefficient (Wildman–Crippen LogP) is 4.54. The Kier molecular flexibility index (Phi) is 3.23. The number of thiazole rings is 1. The van der Waals surface area contributed by atoms with E-state index in [9.17, 15) is 4.79 Å². The molecule has 1 saturated carbocycles. The van der Waals surface area contributed by atoms with Crippen LogP contribution in [0.4, 0.5) is 0 Å². The summed E-state index contributed by atoms with van der Waals surface area (Å²) in [5.41, 5.74) is 0.360. The number of aromatic nitrogens is 1. The lowest BCUT2D eigenvalue weighted by atomic mass is 10.1. The number of benzene rings is 1. The van der Waals surface area contributed by atoms with Crippen molar-refractivity contribution in [2.75, 3.05) is 6.54 Å². The molecule has 116 valence electrons. The first-order chi connectivity index (χ1) is 10.4. The van der Waals surface area contributed by atoms with Crippen LogP contribution in [0.25, 0.3) is 10.2 Å². The molecule has 2 fully saturated rings. The molecule has 1 aliphatic carbocycles. The number of carbonyl (C=O) groups is 1. The second kappa shape index (κ2) is 4.83. The summed E-state index contributed by atoms with van der Waals surface area (Å²) < 4.78 is 0.253. The molecule has 0 N–H and O–H groups in total. The minimum atomic E-state index is -0.912. The Morgan fingerprint density at radius 1 is 1.41 bits per heavy atom. The van der Waals surface area contributed by atoms with Crippen LogP contribution in [0, 0.1) is 5.41 Å². The van der Waals surface area contributed by atoms with Crippen molar-refractivity contribution in [1.82, 2.24) is 9.88 Å². The van der Waals surface area contributed by atoms with Crippen LogP contribution in [0.3, 0.4) is 0 Å². The summed E-state index contributed by atoms with van der Waals surface area (Å²) in [7, 11) is 0. The van der Waals surface area contributed by atoms with Crippen molar-refractivity contribution in [1.29, 1.82) is 0 Å². The molecule has 22 heavy (non-hydrogen) atoms. The third-order valence-electron chi connectivity index (χ3n) is 4.84. The molecular weight excluding hydrogens is 339 g/mol. The fourth-order valence-corrected chi connectivity index (χ4v) is 5.06. The third kappa shape index (κ3) is 2.08. The van der Waals surface area contributed by atoms with Crippen LogP contribution in [0.15, 0.2) is 24.3 Å². The van der Waals surface area contributed by atoms with Crippen molar-refractivity contribution in [2.45, 2.75) is 36.6 Å². The minimum Gasteiger partial charge on any atom is -0.333 e. The molecule has 2 aliphatic rings. The summed E-state index contributed by atoms with van der Waals surface area (Å²) in [5.74, 6) is 0.0688. The molecule has 2 atom stereocenters. The van der Waals surface area contributed by atoms with E-state index in [-0.39, 0.29) is 11.9 Å². The molecule has 2 aromatic rings. The van der Waals surface area contributed by atoms with Crippen molar-refractivity contribution in [3.8, 4) is 0 Å². The fourth-order valence-electron chi connectivity index (χ4n) is 3.25. The van der Waals surface area contributed by atoms with Crippen LogP contribution >= 0.6 is 34.5 Å². The van der Waals surface area contributed by atoms with Gasteiger partial charge in [0.05, 0.1) is 21.7 Å². The number of para-hydroxylation sites is 1. The summed E-state index contributed by atoms with van der Waals surface area (Å²) in [4.78, 5) is 19.5. The Bertz CT molecular complexity index is 726. The smallest absolute Gasteiger partial charge is 0.232 e. The highest BCUT2D eigenvalue weighted by molar-refractivity contribution is 7.18. The molecule has 6 heteroatoms. The number of alkyl halides is 2. The number of fused-ring (bicyclic) bond motifs is 1. The van der Waals surface area contributed by atoms with Gasteiger partial charge in [-0.2, -0.15) is 0 Å². The summed E-state index contributed by atoms with van der Waals surface area (Å²) >= 11 is 14.0. The van der Waals surface area contributed by atoms with E-state index in [4.69, 9.17) is 28.2 Å². The van der Waals surface area contributed by atoms with Gasteiger partial charge in [0.1, 0.15) is 9.34 Å². The highest BCUT2D eigenvalue weighted by Gasteiger charge is 2.69. The normalized spacial score (nSPS) is 30.0. The number of hydrogen-bond donors (Lipinski definition) is 0. The maximum atomic E-state index is 12.9. The van der Waals surface area contributed by atoms with Crippen LogP contribution < -0.4 is 0 Å². The maximum absolute atomic E-state index is 12.9. The lowest BCUT2D eigenvalue weighted by Crippen LogP contribution is -2.37. The molecule has 1 saturated heterocycles. The molecule has 1 aromatic carbocycles. The number of hydrogen-bond acceptors (Lipinski definition) is 3. The largest absolute Gasteiger partial charge is 0.333 e. The van der Waals surface area contributed by atoms with Crippen molar-refractivity contribution >= 4 is 50.7 Å². The number of likely N-dealkylation sites (tertiary alicyclic amines) is 1. The average Bonchev–Trinajstić information content (AvgIpc) is 2.94. The zero-order valence-corrected chi connectivity index (χ0v) is 14.5. The quantitative estimate of drug-likeness (QED) is 0.741. The van der Waals surface area contributed by atoms with E-state index in [1.165, 1.54) is 4.70 Å². The van der Waals surface area contributed by atoms with Gasteiger partial charge in [0, 0.05) is 6.54 Å². The van der Waals surface area contributed by atoms with Gasteiger partial charge in [-0.05, 0) is 38.3 Å². The first-order valence-electron chi connectivity index (χ1n) is 7.47. The first kappa shape index (κ1) is 14.7. The van der Waals surface area contributed by atoms with E-state index < -0.39 is 9.75 Å². The Labute approximate surface area is 143 Å². The summed E-state index contributed by atoms with van der Waals surface area (Å²) in [6, 6.07) is 8.15. The van der Waals surface area contributed by atoms with Gasteiger partial charge in [-0.1, -0.05) is 12.1 Å². The van der Waals surface area contributed by atoms with Gasteiger partial charge in [-0.25, -0.2) is 4.98 Å². The number of amides is 1. The van der Waals surface area contributed by atoms with Gasteiger partial charge < -0.3 is 4.90 Å². The zero-order chi connectivity index (χ0) is 15.5. The SMILES string of the molecule is CC1(C(=O)N2CCCC2c2nc3ccccc3s2)CC1(Cl)Cl. The monoisotopic (exact) mass is 354 g/mol. The molecule has 0 radical (unpaired) electrons. The second-order valence-corrected chi connectivity index (χ2v) is 8.94. The molecule has 1 aromatic heterocycles. The van der Waals surface area contributed by atoms with Crippen molar-refractivity contribution in [2.24, 2.45) is 5.41 Å². The summed E-state index contributed by atoms with van der Waals surface area (Å²) in [6.45, 7) is 2.63. The van der Waals surface area contributed by atoms with Crippen LogP contribution in [0.1, 0.15) is 37.2 Å². The standard InChI is InChI=1S/C16H16Cl2N2OS/c1-15(9-16(15,17)18)14(21)20-8-4-6-11(20)13-19-10-5-2-3-7-12(10)22-13/h2-3,5,7,11H,4,6,8-9H2,1H3. The van der Waals surface area contributed by atoms with E-state index in [1.54, 1.807) is 11.3 Å². The van der Waals surface area contributed by atoms with E-state index in [0.29, 0.717) is 6.42 Å². The average molecular weight is 355 g/mol. The number of carbonyl (C=O) groups excluding carboxylic acids is 1. The topological polar surface area (TPSA) is 33.2 Å². The van der Waals surface area contributed by atoms with Gasteiger partial charge in [-0.3, -0.25) is 4.79 Å². The molecule has 0 spiro atoms. The number of halogens is 2. The van der Waals surface area contributed by atoms with Gasteiger partial charge in [0.2, 0.25) is 5.91 Å². The lowest BCUT2D eigenvalue weighted by molar-refractivity contribution is -0.137. The van der Waals surface area contributed by atoms with Gasteiger partial charge in [-0.15, -0.1) is 34.5 Å². The first-order valence-corrected chi connectivity index (χ1v) is 9.04. The van der Waals surface area contributed by atoms with Gasteiger partial charge in [0.15, 0.2) is 0 Å². The lowest BCUT2D eigenvalue weighted by Gasteiger charge is -2.27. The predicted molar refractivity (Wildman–Crippen MR) is 90.5 cm³/mol. The van der Waals surface area contributed by atoms with Gasteiger partial charge in [0.25, 0.3) is 0 Å². The third-order valence-corrected chi connectivity index (χ3v) is 7.08. The molecule has 3 nitrogen and oxygen atoms in total. The number of nitrogens with zero attached hydrogens (tertiary/aromatic N) is 2. The van der Waals surface area contributed by atoms with Crippen molar-refractivity contribution in [3.05, 3.63) is 29.3 Å². The molecular formula is C16H16Cl2N2OS. The fraction of sp³-hybridized carbons (Fsp3) is 0.500. The Morgan fingerprint density at radius 2 is 2.14 bits per heavy atom. The molecule has 4 rings (SSSR count). The van der Waals surface area contributed by atoms with Gasteiger partial charge >= 0.3 is 0 Å². The zero-order valence-electron chi connectivity index (χ0n) is 12.2. The van der Waals surface area contributed by atoms with Crippen LogP contribution in [0.2, 0.25) is 0 Å². The Balaban J connectivity index is 1.65. The number of rotatable bonds is 2. The summed E-state index contributed by atoms with van der Waals surface area (Å²) in [5, 5.41) is 1.02. The van der Waals surface area contributed by atoms with Crippen molar-refractivity contribution < 1.29 is 4.79 Å². The molecule has 1 amide bonds. The molecule has 2 heterocycles. The maximum Gasteiger partial charge on any atom is 0.232 e. The highest BCUT2D eigenvalue weighted by Crippen LogP contribution is 2.65. The molecule has 2 unspecified atom stereocenters. The second-order valence-electron chi connectivity index (χ2n) is 6.39. The van der Waals surface area contributed by atoms with Crippen LogP contribution in [-0.2, 0) is 4.79 Å². The van der Waals surface area contributed by atoms with Crippen LogP contribution in [0.5, 0.6) is 0 Å². The van der Waals surface area contributed by atoms with Crippen LogP contribution in [-0.4, -0.2) is 26.7 Å². The summed E-state index contributed by atoms with van der Waals surface area (Å²) in [6.07, 6.45) is 2.49. The van der Waals surface area contributed by atoms with E-state index in [0.717, 1.165) is 29.9 Å². The Hall–Kier alpha value is -0.840. The van der Waals surface area contributed by atoms with E-state index >= 15 is 0 Å². The Morgan fingerprint density at radius 3 is 2.82 bits per heavy atom. The minimum absolute atomic E-state index is 0.0615. The highest BCUT2D eigenvalue weighted by atomic mass is 35.5. The molecule has 1 aliphatic heterocycles. The van der Waals surface area contributed by atoms with Crippen molar-refractivity contribution in [3.63, 3.8) is 0 Å². The van der Waals surface area contributed by atoms with E-state index in [2.05, 4.69) is 6.07 Å². The molecule has 0 bridgehead atoms. The van der Waals surface area contributed by atoms with E-state index in [1.807, 2.05) is 30.0 Å².